The van der Waals surface area contributed by atoms with Crippen LogP contribution in [-0.2, 0) is 28.6 Å². The molecule has 0 aliphatic carbocycles. The molecule has 0 heterocycles. The molecule has 1 atom stereocenters. The molecule has 79 heavy (non-hydrogen) atoms. The SMILES string of the molecule is CCCC/C=C\C/C=C\CCCCCCCC(=O)OCC(COC(=O)CCCCCCCCCCCCCCCCCCCCCCCCCCCC)OC(=O)CCCCCCCC/C=C\C/C=C\C/C=C\CCCCCCC. The maximum atomic E-state index is 12.9. The smallest absolute Gasteiger partial charge is 0.306 e. The second-order valence-corrected chi connectivity index (χ2v) is 23.4. The molecule has 6 nitrogen and oxygen atoms in total. The third-order valence-electron chi connectivity index (χ3n) is 15.5. The van der Waals surface area contributed by atoms with Crippen LogP contribution in [0.15, 0.2) is 60.8 Å². The number of ether oxygens (including phenoxy) is 3. The minimum absolute atomic E-state index is 0.0810. The molecule has 6 heteroatoms. The Balaban J connectivity index is 4.29. The molecule has 0 aliphatic rings. The lowest BCUT2D eigenvalue weighted by molar-refractivity contribution is -0.167. The largest absolute Gasteiger partial charge is 0.462 e. The van der Waals surface area contributed by atoms with Gasteiger partial charge >= 0.3 is 17.9 Å². The van der Waals surface area contributed by atoms with E-state index in [0.29, 0.717) is 19.3 Å². The lowest BCUT2D eigenvalue weighted by Gasteiger charge is -2.18. The molecule has 0 rings (SSSR count). The van der Waals surface area contributed by atoms with Crippen LogP contribution in [0.3, 0.4) is 0 Å². The van der Waals surface area contributed by atoms with E-state index in [4.69, 9.17) is 14.2 Å². The molecule has 0 amide bonds. The van der Waals surface area contributed by atoms with Gasteiger partial charge in [0.25, 0.3) is 0 Å². The molecule has 0 aliphatic heterocycles. The van der Waals surface area contributed by atoms with Crippen LogP contribution in [0.2, 0.25) is 0 Å². The number of carbonyl (C=O) groups excluding carboxylic acids is 3. The van der Waals surface area contributed by atoms with Gasteiger partial charge in [-0.2, -0.15) is 0 Å². The molecular formula is C73H132O6. The Labute approximate surface area is 491 Å². The van der Waals surface area contributed by atoms with Gasteiger partial charge in [0.2, 0.25) is 0 Å². The summed E-state index contributed by atoms with van der Waals surface area (Å²) in [4.78, 5) is 38.4. The van der Waals surface area contributed by atoms with Crippen molar-refractivity contribution in [2.45, 2.75) is 374 Å². The van der Waals surface area contributed by atoms with Crippen LogP contribution < -0.4 is 0 Å². The van der Waals surface area contributed by atoms with Gasteiger partial charge in [0.05, 0.1) is 0 Å². The monoisotopic (exact) mass is 1110 g/mol. The molecule has 0 aromatic rings. The Hall–Kier alpha value is -2.89. The molecule has 0 bridgehead atoms. The standard InChI is InChI=1S/C73H132O6/c1-4-7-10-13-16-19-22-25-28-30-32-34-35-36-37-38-40-41-43-45-48-51-54-57-60-63-66-72(75)78-69-70(68-77-71(74)65-62-59-56-53-50-47-27-24-21-18-15-12-9-6-3)79-73(76)67-64-61-58-55-52-49-46-44-42-39-33-31-29-26-23-20-17-14-11-8-5-2/h15,18,23-24,26-27,31,33,42,44,70H,4-14,16-17,19-22,25,28-30,32,34-41,43,45-69H2,1-3H3/b18-15-,26-23-,27-24-,33-31-,44-42-. The van der Waals surface area contributed by atoms with Crippen LogP contribution in [0, 0.1) is 0 Å². The van der Waals surface area contributed by atoms with E-state index in [9.17, 15) is 14.4 Å². The Morgan fingerprint density at radius 1 is 0.253 bits per heavy atom. The third-order valence-corrected chi connectivity index (χ3v) is 15.5. The highest BCUT2D eigenvalue weighted by Gasteiger charge is 2.19. The van der Waals surface area contributed by atoms with E-state index in [0.717, 1.165) is 103 Å². The minimum Gasteiger partial charge on any atom is -0.462 e. The van der Waals surface area contributed by atoms with Gasteiger partial charge in [-0.25, -0.2) is 0 Å². The molecule has 0 saturated heterocycles. The second kappa shape index (κ2) is 67.6. The summed E-state index contributed by atoms with van der Waals surface area (Å²) in [7, 11) is 0. The zero-order valence-corrected chi connectivity index (χ0v) is 52.9. The van der Waals surface area contributed by atoms with E-state index in [2.05, 4.69) is 81.5 Å². The van der Waals surface area contributed by atoms with E-state index >= 15 is 0 Å². The maximum absolute atomic E-state index is 12.9. The maximum Gasteiger partial charge on any atom is 0.306 e. The zero-order valence-electron chi connectivity index (χ0n) is 52.9. The zero-order chi connectivity index (χ0) is 57.1. The number of esters is 3. The van der Waals surface area contributed by atoms with E-state index in [-0.39, 0.29) is 31.1 Å². The van der Waals surface area contributed by atoms with Crippen LogP contribution in [0.5, 0.6) is 0 Å². The highest BCUT2D eigenvalue weighted by molar-refractivity contribution is 5.71. The van der Waals surface area contributed by atoms with E-state index in [1.165, 1.54) is 225 Å². The number of hydrogen-bond acceptors (Lipinski definition) is 6. The number of unbranched alkanes of at least 4 members (excludes halogenated alkanes) is 43. The fourth-order valence-electron chi connectivity index (χ4n) is 10.2. The topological polar surface area (TPSA) is 78.9 Å². The van der Waals surface area contributed by atoms with Gasteiger partial charge in [0.15, 0.2) is 6.10 Å². The first-order valence-corrected chi connectivity index (χ1v) is 34.8. The summed E-state index contributed by atoms with van der Waals surface area (Å²) in [6, 6.07) is 0. The molecule has 0 saturated carbocycles. The Bertz CT molecular complexity index is 1410. The Morgan fingerprint density at radius 3 is 0.747 bits per heavy atom. The van der Waals surface area contributed by atoms with Gasteiger partial charge in [-0.3, -0.25) is 14.4 Å². The van der Waals surface area contributed by atoms with Gasteiger partial charge in [-0.1, -0.05) is 326 Å². The molecule has 0 fully saturated rings. The van der Waals surface area contributed by atoms with Gasteiger partial charge < -0.3 is 14.2 Å². The average molecular weight is 1110 g/mol. The summed E-state index contributed by atoms with van der Waals surface area (Å²) < 4.78 is 17.0. The fraction of sp³-hybridized carbons (Fsp3) is 0.822. The summed E-state index contributed by atoms with van der Waals surface area (Å²) in [5.41, 5.74) is 0. The number of rotatable bonds is 64. The molecule has 0 N–H and O–H groups in total. The highest BCUT2D eigenvalue weighted by atomic mass is 16.6. The minimum atomic E-state index is -0.788. The molecule has 0 spiro atoms. The molecular weight excluding hydrogens is 973 g/mol. The van der Waals surface area contributed by atoms with E-state index < -0.39 is 6.10 Å². The summed E-state index contributed by atoms with van der Waals surface area (Å²) in [5, 5.41) is 0. The van der Waals surface area contributed by atoms with Crippen molar-refractivity contribution in [2.75, 3.05) is 13.2 Å². The lowest BCUT2D eigenvalue weighted by atomic mass is 10.0. The molecule has 1 unspecified atom stereocenters. The van der Waals surface area contributed by atoms with Crippen molar-refractivity contribution in [1.29, 1.82) is 0 Å². The van der Waals surface area contributed by atoms with Crippen molar-refractivity contribution in [3.8, 4) is 0 Å². The van der Waals surface area contributed by atoms with Gasteiger partial charge in [0, 0.05) is 19.3 Å². The van der Waals surface area contributed by atoms with Gasteiger partial charge in [-0.15, -0.1) is 0 Å². The van der Waals surface area contributed by atoms with Crippen molar-refractivity contribution in [3.05, 3.63) is 60.8 Å². The summed E-state index contributed by atoms with van der Waals surface area (Å²) in [6.45, 7) is 6.62. The predicted molar refractivity (Wildman–Crippen MR) is 344 cm³/mol. The van der Waals surface area contributed by atoms with Crippen molar-refractivity contribution >= 4 is 17.9 Å². The number of hydrogen-bond donors (Lipinski definition) is 0. The molecule has 0 radical (unpaired) electrons. The molecule has 0 aromatic heterocycles. The first-order valence-electron chi connectivity index (χ1n) is 34.8. The quantitative estimate of drug-likeness (QED) is 0.0261. The lowest BCUT2D eigenvalue weighted by Crippen LogP contribution is -2.30. The van der Waals surface area contributed by atoms with E-state index in [1.54, 1.807) is 0 Å². The van der Waals surface area contributed by atoms with Gasteiger partial charge in [-0.05, 0) is 83.5 Å². The predicted octanol–water partition coefficient (Wildman–Crippen LogP) is 23.9. The van der Waals surface area contributed by atoms with Crippen molar-refractivity contribution < 1.29 is 28.6 Å². The third kappa shape index (κ3) is 65.8. The van der Waals surface area contributed by atoms with Crippen molar-refractivity contribution in [2.24, 2.45) is 0 Å². The normalized spacial score (nSPS) is 12.4. The van der Waals surface area contributed by atoms with Gasteiger partial charge in [0.1, 0.15) is 13.2 Å². The van der Waals surface area contributed by atoms with E-state index in [1.807, 2.05) is 0 Å². The Kier molecular flexibility index (Phi) is 65.1. The molecule has 460 valence electrons. The average Bonchev–Trinajstić information content (AvgIpc) is 3.45. The highest BCUT2D eigenvalue weighted by Crippen LogP contribution is 2.18. The molecule has 0 aromatic carbocycles. The first kappa shape index (κ1) is 76.1. The van der Waals surface area contributed by atoms with Crippen LogP contribution in [0.1, 0.15) is 367 Å². The summed E-state index contributed by atoms with van der Waals surface area (Å²) >= 11 is 0. The fourth-order valence-corrected chi connectivity index (χ4v) is 10.2. The van der Waals surface area contributed by atoms with Crippen LogP contribution in [-0.4, -0.2) is 37.2 Å². The number of allylic oxidation sites excluding steroid dienone is 10. The first-order chi connectivity index (χ1) is 39.0. The summed E-state index contributed by atoms with van der Waals surface area (Å²) in [5.74, 6) is -0.887. The Morgan fingerprint density at radius 2 is 0.468 bits per heavy atom. The van der Waals surface area contributed by atoms with Crippen LogP contribution in [0.25, 0.3) is 0 Å². The second-order valence-electron chi connectivity index (χ2n) is 23.4. The number of carbonyl (C=O) groups is 3. The van der Waals surface area contributed by atoms with Crippen LogP contribution in [0.4, 0.5) is 0 Å². The van der Waals surface area contributed by atoms with Crippen molar-refractivity contribution in [3.63, 3.8) is 0 Å². The van der Waals surface area contributed by atoms with Crippen molar-refractivity contribution in [1.82, 2.24) is 0 Å². The van der Waals surface area contributed by atoms with Crippen LogP contribution >= 0.6 is 0 Å². The summed E-state index contributed by atoms with van der Waals surface area (Å²) in [6.07, 6.45) is 86.7.